The lowest BCUT2D eigenvalue weighted by Crippen LogP contribution is -2.59. The van der Waals surface area contributed by atoms with Gasteiger partial charge in [-0.3, -0.25) is 4.68 Å². The molecular formula is C17H20N4O4. The molecule has 1 saturated heterocycles. The summed E-state index contributed by atoms with van der Waals surface area (Å²) in [4.78, 5) is 24.5. The molecule has 8 heteroatoms. The molecule has 2 aromatic rings. The van der Waals surface area contributed by atoms with Crippen molar-refractivity contribution in [2.75, 3.05) is 13.1 Å². The van der Waals surface area contributed by atoms with Crippen molar-refractivity contribution in [1.82, 2.24) is 20.0 Å². The maximum atomic E-state index is 11.9. The second-order valence-corrected chi connectivity index (χ2v) is 5.97. The molecule has 0 radical (unpaired) electrons. The van der Waals surface area contributed by atoms with E-state index in [2.05, 4.69) is 10.4 Å². The first-order valence-electron chi connectivity index (χ1n) is 7.98. The Morgan fingerprint density at radius 1 is 1.32 bits per heavy atom. The molecule has 1 fully saturated rings. The van der Waals surface area contributed by atoms with Gasteiger partial charge in [-0.2, -0.15) is 5.10 Å². The Hall–Kier alpha value is -2.87. The first-order valence-corrected chi connectivity index (χ1v) is 7.98. The number of nitrogens with zero attached hydrogens (tertiary/aromatic N) is 3. The molecular weight excluding hydrogens is 324 g/mol. The third-order valence-electron chi connectivity index (χ3n) is 4.11. The Labute approximate surface area is 145 Å². The standard InChI is InChI=1S/C17H20N4O4/c1-20-14(7-15(19-20)16(22)23)8-18-13-9-21(10-13)17(24)25-11-12-5-3-2-4-6-12/h2-7,13,18H,8-11H2,1H3,(H,22,23). The van der Waals surface area contributed by atoms with Gasteiger partial charge in [-0.15, -0.1) is 0 Å². The van der Waals surface area contributed by atoms with Crippen LogP contribution < -0.4 is 5.32 Å². The molecule has 0 aliphatic carbocycles. The fraction of sp³-hybridized carbons (Fsp3) is 0.353. The fourth-order valence-electron chi connectivity index (χ4n) is 2.59. The van der Waals surface area contributed by atoms with Gasteiger partial charge in [0.25, 0.3) is 0 Å². The minimum Gasteiger partial charge on any atom is -0.476 e. The second kappa shape index (κ2) is 7.35. The molecule has 3 rings (SSSR count). The molecule has 2 N–H and O–H groups in total. The van der Waals surface area contributed by atoms with Crippen LogP contribution in [0.3, 0.4) is 0 Å². The average Bonchev–Trinajstić information content (AvgIpc) is 2.94. The van der Waals surface area contributed by atoms with E-state index in [1.54, 1.807) is 22.7 Å². The number of carboxylic acids is 1. The third kappa shape index (κ3) is 4.16. The van der Waals surface area contributed by atoms with E-state index in [1.807, 2.05) is 30.3 Å². The van der Waals surface area contributed by atoms with Crippen LogP contribution in [0.25, 0.3) is 0 Å². The van der Waals surface area contributed by atoms with Gasteiger partial charge in [0, 0.05) is 32.7 Å². The highest BCUT2D eigenvalue weighted by atomic mass is 16.6. The number of hydrogen-bond donors (Lipinski definition) is 2. The third-order valence-corrected chi connectivity index (χ3v) is 4.11. The number of carboxylic acid groups (broad SMARTS) is 1. The number of aromatic nitrogens is 2. The Morgan fingerprint density at radius 2 is 2.04 bits per heavy atom. The zero-order valence-corrected chi connectivity index (χ0v) is 13.9. The van der Waals surface area contributed by atoms with Gasteiger partial charge in [0.05, 0.1) is 5.69 Å². The van der Waals surface area contributed by atoms with Crippen LogP contribution in [0.5, 0.6) is 0 Å². The van der Waals surface area contributed by atoms with Crippen molar-refractivity contribution in [2.24, 2.45) is 7.05 Å². The maximum absolute atomic E-state index is 11.9. The van der Waals surface area contributed by atoms with E-state index in [9.17, 15) is 9.59 Å². The van der Waals surface area contributed by atoms with E-state index >= 15 is 0 Å². The molecule has 0 saturated carbocycles. The molecule has 132 valence electrons. The number of rotatable bonds is 6. The van der Waals surface area contributed by atoms with Gasteiger partial charge in [-0.05, 0) is 11.6 Å². The van der Waals surface area contributed by atoms with Crippen molar-refractivity contribution >= 4 is 12.1 Å². The van der Waals surface area contributed by atoms with Gasteiger partial charge < -0.3 is 20.1 Å². The summed E-state index contributed by atoms with van der Waals surface area (Å²) in [6.45, 7) is 1.89. The van der Waals surface area contributed by atoms with Gasteiger partial charge in [0.15, 0.2) is 5.69 Å². The summed E-state index contributed by atoms with van der Waals surface area (Å²) in [6, 6.07) is 11.2. The molecule has 2 heterocycles. The van der Waals surface area contributed by atoms with Crippen molar-refractivity contribution in [2.45, 2.75) is 19.2 Å². The molecule has 0 bridgehead atoms. The van der Waals surface area contributed by atoms with Crippen molar-refractivity contribution in [3.63, 3.8) is 0 Å². The molecule has 8 nitrogen and oxygen atoms in total. The smallest absolute Gasteiger partial charge is 0.410 e. The summed E-state index contributed by atoms with van der Waals surface area (Å²) in [5.41, 5.74) is 1.76. The Kier molecular flexibility index (Phi) is 4.99. The first-order chi connectivity index (χ1) is 12.0. The first kappa shape index (κ1) is 17.0. The highest BCUT2D eigenvalue weighted by Gasteiger charge is 2.31. The minimum atomic E-state index is -1.04. The number of aromatic carboxylic acids is 1. The largest absolute Gasteiger partial charge is 0.476 e. The number of amides is 1. The summed E-state index contributed by atoms with van der Waals surface area (Å²) < 4.78 is 6.81. The van der Waals surface area contributed by atoms with E-state index in [0.29, 0.717) is 19.6 Å². The van der Waals surface area contributed by atoms with Gasteiger partial charge >= 0.3 is 12.1 Å². The SMILES string of the molecule is Cn1nc(C(=O)O)cc1CNC1CN(C(=O)OCc2ccccc2)C1. The lowest BCUT2D eigenvalue weighted by atomic mass is 10.1. The van der Waals surface area contributed by atoms with E-state index in [-0.39, 0.29) is 24.4 Å². The number of likely N-dealkylation sites (tertiary alicyclic amines) is 1. The van der Waals surface area contributed by atoms with E-state index in [1.165, 1.54) is 0 Å². The molecule has 1 aliphatic heterocycles. The maximum Gasteiger partial charge on any atom is 0.410 e. The number of nitrogens with one attached hydrogen (secondary N) is 1. The monoisotopic (exact) mass is 344 g/mol. The van der Waals surface area contributed by atoms with Crippen LogP contribution >= 0.6 is 0 Å². The van der Waals surface area contributed by atoms with E-state index < -0.39 is 5.97 Å². The molecule has 0 atom stereocenters. The van der Waals surface area contributed by atoms with Crippen molar-refractivity contribution in [1.29, 1.82) is 0 Å². The molecule has 1 aromatic carbocycles. The molecule has 1 aliphatic rings. The second-order valence-electron chi connectivity index (χ2n) is 5.97. The van der Waals surface area contributed by atoms with Crippen LogP contribution in [0.1, 0.15) is 21.7 Å². The van der Waals surface area contributed by atoms with Crippen molar-refractivity contribution in [3.05, 3.63) is 53.3 Å². The lowest BCUT2D eigenvalue weighted by molar-refractivity contribution is 0.0598. The van der Waals surface area contributed by atoms with Gasteiger partial charge in [-0.25, -0.2) is 9.59 Å². The number of benzene rings is 1. The lowest BCUT2D eigenvalue weighted by Gasteiger charge is -2.38. The number of aryl methyl sites for hydroxylation is 1. The van der Waals surface area contributed by atoms with Crippen molar-refractivity contribution < 1.29 is 19.4 Å². The predicted octanol–water partition coefficient (Wildman–Crippen LogP) is 1.23. The van der Waals surface area contributed by atoms with Crippen LogP contribution in [-0.2, 0) is 24.9 Å². The number of carbonyl (C=O) groups is 2. The molecule has 0 spiro atoms. The van der Waals surface area contributed by atoms with E-state index in [0.717, 1.165) is 11.3 Å². The summed E-state index contributed by atoms with van der Waals surface area (Å²) in [7, 11) is 1.71. The number of carbonyl (C=O) groups excluding carboxylic acids is 1. The summed E-state index contributed by atoms with van der Waals surface area (Å²) >= 11 is 0. The van der Waals surface area contributed by atoms with Gasteiger partial charge in [-0.1, -0.05) is 30.3 Å². The Balaban J connectivity index is 1.39. The quantitative estimate of drug-likeness (QED) is 0.818. The summed E-state index contributed by atoms with van der Waals surface area (Å²) in [6.07, 6.45) is -0.324. The zero-order valence-electron chi connectivity index (χ0n) is 13.9. The molecule has 1 amide bonds. The Morgan fingerprint density at radius 3 is 2.68 bits per heavy atom. The molecule has 1 aromatic heterocycles. The highest BCUT2D eigenvalue weighted by Crippen LogP contribution is 2.12. The summed E-state index contributed by atoms with van der Waals surface area (Å²) in [5, 5.41) is 16.1. The normalized spacial score (nSPS) is 14.2. The van der Waals surface area contributed by atoms with Gasteiger partial charge in [0.2, 0.25) is 0 Å². The predicted molar refractivity (Wildman–Crippen MR) is 89.0 cm³/mol. The van der Waals surface area contributed by atoms with Crippen LogP contribution in [0.15, 0.2) is 36.4 Å². The number of hydrogen-bond acceptors (Lipinski definition) is 5. The van der Waals surface area contributed by atoms with Crippen LogP contribution in [0.4, 0.5) is 4.79 Å². The summed E-state index contributed by atoms with van der Waals surface area (Å²) in [5.74, 6) is -1.04. The highest BCUT2D eigenvalue weighted by molar-refractivity contribution is 5.85. The zero-order chi connectivity index (χ0) is 17.8. The minimum absolute atomic E-state index is 0.0269. The van der Waals surface area contributed by atoms with Crippen LogP contribution in [0.2, 0.25) is 0 Å². The topological polar surface area (TPSA) is 96.7 Å². The fourth-order valence-corrected chi connectivity index (χ4v) is 2.59. The number of ether oxygens (including phenoxy) is 1. The van der Waals surface area contributed by atoms with Gasteiger partial charge in [0.1, 0.15) is 6.61 Å². The molecule has 0 unspecified atom stereocenters. The van der Waals surface area contributed by atoms with Crippen LogP contribution in [-0.4, -0.2) is 51.0 Å². The van der Waals surface area contributed by atoms with Crippen LogP contribution in [0, 0.1) is 0 Å². The Bertz CT molecular complexity index is 753. The average molecular weight is 344 g/mol. The van der Waals surface area contributed by atoms with Crippen molar-refractivity contribution in [3.8, 4) is 0 Å². The molecule has 25 heavy (non-hydrogen) atoms. The van der Waals surface area contributed by atoms with E-state index in [4.69, 9.17) is 9.84 Å².